The molecule has 1 saturated carbocycles. The van der Waals surface area contributed by atoms with Crippen molar-refractivity contribution < 1.29 is 9.84 Å². The predicted octanol–water partition coefficient (Wildman–Crippen LogP) is 2.99. The smallest absolute Gasteiger partial charge is 0.119 e. The number of aliphatic hydroxyl groups is 1. The zero-order valence-electron chi connectivity index (χ0n) is 12.0. The first-order valence-electron chi connectivity index (χ1n) is 7.31. The maximum Gasteiger partial charge on any atom is 0.119 e. The fourth-order valence-corrected chi connectivity index (χ4v) is 2.83. The van der Waals surface area contributed by atoms with E-state index < -0.39 is 6.10 Å². The second-order valence-corrected chi connectivity index (χ2v) is 5.40. The highest BCUT2D eigenvalue weighted by Crippen LogP contribution is 2.25. The Bertz CT molecular complexity index is 371. The molecule has 19 heavy (non-hydrogen) atoms. The van der Waals surface area contributed by atoms with Crippen LogP contribution in [-0.2, 0) is 0 Å². The Kier molecular flexibility index (Phi) is 5.23. The third kappa shape index (κ3) is 3.95. The van der Waals surface area contributed by atoms with Crippen molar-refractivity contribution in [2.24, 2.45) is 0 Å². The van der Waals surface area contributed by atoms with Crippen molar-refractivity contribution >= 4 is 0 Å². The Morgan fingerprint density at radius 1 is 1.26 bits per heavy atom. The van der Waals surface area contributed by atoms with Crippen molar-refractivity contribution in [3.8, 4) is 5.75 Å². The predicted molar refractivity (Wildman–Crippen MR) is 77.5 cm³/mol. The molecular weight excluding hydrogens is 238 g/mol. The minimum atomic E-state index is -0.415. The molecule has 1 aromatic rings. The highest BCUT2D eigenvalue weighted by molar-refractivity contribution is 5.28. The minimum Gasteiger partial charge on any atom is -0.494 e. The summed E-state index contributed by atoms with van der Waals surface area (Å²) in [6, 6.07) is 8.42. The highest BCUT2D eigenvalue weighted by atomic mass is 16.5. The van der Waals surface area contributed by atoms with Gasteiger partial charge in [-0.1, -0.05) is 25.0 Å². The van der Waals surface area contributed by atoms with Gasteiger partial charge in [-0.25, -0.2) is 0 Å². The lowest BCUT2D eigenvalue weighted by atomic mass is 10.1. The van der Waals surface area contributed by atoms with Crippen LogP contribution in [0.15, 0.2) is 24.3 Å². The topological polar surface area (TPSA) is 32.7 Å². The molecule has 0 radical (unpaired) electrons. The molecule has 0 saturated heterocycles. The monoisotopic (exact) mass is 263 g/mol. The van der Waals surface area contributed by atoms with Gasteiger partial charge in [-0.15, -0.1) is 0 Å². The second-order valence-electron chi connectivity index (χ2n) is 5.40. The summed E-state index contributed by atoms with van der Waals surface area (Å²) in [7, 11) is 2.12. The van der Waals surface area contributed by atoms with Crippen molar-refractivity contribution in [2.75, 3.05) is 20.2 Å². The van der Waals surface area contributed by atoms with Crippen molar-refractivity contribution in [3.63, 3.8) is 0 Å². The molecule has 1 fully saturated rings. The van der Waals surface area contributed by atoms with E-state index in [9.17, 15) is 5.11 Å². The molecular formula is C16H25NO2. The third-order valence-electron chi connectivity index (χ3n) is 3.98. The number of likely N-dealkylation sites (N-methyl/N-ethyl adjacent to an activating group) is 1. The molecule has 2 rings (SSSR count). The van der Waals surface area contributed by atoms with Gasteiger partial charge in [0, 0.05) is 12.6 Å². The molecule has 1 N–H and O–H groups in total. The van der Waals surface area contributed by atoms with E-state index in [1.54, 1.807) is 0 Å². The van der Waals surface area contributed by atoms with Gasteiger partial charge in [-0.05, 0) is 44.5 Å². The van der Waals surface area contributed by atoms with Gasteiger partial charge in [-0.2, -0.15) is 0 Å². The Labute approximate surface area is 116 Å². The molecule has 1 aromatic carbocycles. The van der Waals surface area contributed by atoms with E-state index in [0.717, 1.165) is 11.3 Å². The van der Waals surface area contributed by atoms with Gasteiger partial charge in [0.1, 0.15) is 5.75 Å². The van der Waals surface area contributed by atoms with Crippen LogP contribution in [0.5, 0.6) is 5.75 Å². The first kappa shape index (κ1) is 14.4. The number of nitrogens with zero attached hydrogens (tertiary/aromatic N) is 1. The molecule has 3 heteroatoms. The summed E-state index contributed by atoms with van der Waals surface area (Å²) in [5.74, 6) is 0.864. The molecule has 1 aliphatic carbocycles. The van der Waals surface area contributed by atoms with Gasteiger partial charge in [0.2, 0.25) is 0 Å². The zero-order valence-corrected chi connectivity index (χ0v) is 12.0. The molecule has 1 unspecified atom stereocenters. The fourth-order valence-electron chi connectivity index (χ4n) is 2.83. The fraction of sp³-hybridized carbons (Fsp3) is 0.625. The van der Waals surface area contributed by atoms with Gasteiger partial charge in [0.15, 0.2) is 0 Å². The molecule has 1 atom stereocenters. The van der Waals surface area contributed by atoms with Crippen LogP contribution in [-0.4, -0.2) is 36.2 Å². The normalized spacial score (nSPS) is 17.9. The number of hydrogen-bond donors (Lipinski definition) is 1. The highest BCUT2D eigenvalue weighted by Gasteiger charge is 2.21. The quantitative estimate of drug-likeness (QED) is 0.856. The van der Waals surface area contributed by atoms with Crippen LogP contribution in [0.25, 0.3) is 0 Å². The maximum absolute atomic E-state index is 10.3. The van der Waals surface area contributed by atoms with E-state index >= 15 is 0 Å². The Balaban J connectivity index is 1.89. The van der Waals surface area contributed by atoms with Crippen LogP contribution < -0.4 is 4.74 Å². The van der Waals surface area contributed by atoms with E-state index in [2.05, 4.69) is 11.9 Å². The van der Waals surface area contributed by atoms with E-state index in [-0.39, 0.29) is 0 Å². The standard InChI is InChI=1S/C16H25NO2/c1-3-19-15-10-8-13(9-11-15)16(18)12-17(2)14-6-4-5-7-14/h8-11,14,16,18H,3-7,12H2,1-2H3. The van der Waals surface area contributed by atoms with E-state index in [0.29, 0.717) is 19.2 Å². The van der Waals surface area contributed by atoms with Gasteiger partial charge in [0.25, 0.3) is 0 Å². The van der Waals surface area contributed by atoms with Crippen molar-refractivity contribution in [2.45, 2.75) is 44.8 Å². The summed E-state index contributed by atoms with van der Waals surface area (Å²) in [6.45, 7) is 3.35. The Morgan fingerprint density at radius 2 is 1.89 bits per heavy atom. The van der Waals surface area contributed by atoms with E-state index in [1.807, 2.05) is 31.2 Å². The number of aliphatic hydroxyl groups excluding tert-OH is 1. The average Bonchev–Trinajstić information content (AvgIpc) is 2.94. The summed E-state index contributed by atoms with van der Waals surface area (Å²) in [5, 5.41) is 10.3. The third-order valence-corrected chi connectivity index (χ3v) is 3.98. The number of hydrogen-bond acceptors (Lipinski definition) is 3. The van der Waals surface area contributed by atoms with Gasteiger partial charge < -0.3 is 14.7 Å². The molecule has 0 bridgehead atoms. The first-order chi connectivity index (χ1) is 9.20. The van der Waals surface area contributed by atoms with Crippen LogP contribution in [0.1, 0.15) is 44.3 Å². The van der Waals surface area contributed by atoms with E-state index in [1.165, 1.54) is 25.7 Å². The van der Waals surface area contributed by atoms with Gasteiger partial charge in [0.05, 0.1) is 12.7 Å². The van der Waals surface area contributed by atoms with Crippen LogP contribution in [0.4, 0.5) is 0 Å². The molecule has 0 amide bonds. The SMILES string of the molecule is CCOc1ccc(C(O)CN(C)C2CCCC2)cc1. The number of rotatable bonds is 6. The number of ether oxygens (including phenoxy) is 1. The summed E-state index contributed by atoms with van der Waals surface area (Å²) in [6.07, 6.45) is 4.78. The molecule has 0 heterocycles. The minimum absolute atomic E-state index is 0.415. The molecule has 106 valence electrons. The van der Waals surface area contributed by atoms with Crippen LogP contribution >= 0.6 is 0 Å². The second kappa shape index (κ2) is 6.92. The van der Waals surface area contributed by atoms with Crippen molar-refractivity contribution in [1.82, 2.24) is 4.90 Å². The van der Waals surface area contributed by atoms with Gasteiger partial charge in [-0.3, -0.25) is 0 Å². The van der Waals surface area contributed by atoms with Crippen LogP contribution in [0.2, 0.25) is 0 Å². The zero-order chi connectivity index (χ0) is 13.7. The molecule has 0 spiro atoms. The molecule has 0 aromatic heterocycles. The van der Waals surface area contributed by atoms with Crippen molar-refractivity contribution in [3.05, 3.63) is 29.8 Å². The van der Waals surface area contributed by atoms with E-state index in [4.69, 9.17) is 4.74 Å². The summed E-state index contributed by atoms with van der Waals surface area (Å²) >= 11 is 0. The maximum atomic E-state index is 10.3. The average molecular weight is 263 g/mol. The summed E-state index contributed by atoms with van der Waals surface area (Å²) < 4.78 is 5.41. The Morgan fingerprint density at radius 3 is 2.47 bits per heavy atom. The molecule has 3 nitrogen and oxygen atoms in total. The number of benzene rings is 1. The Hall–Kier alpha value is -1.06. The molecule has 1 aliphatic rings. The molecule has 0 aliphatic heterocycles. The lowest BCUT2D eigenvalue weighted by Gasteiger charge is -2.26. The van der Waals surface area contributed by atoms with Gasteiger partial charge >= 0.3 is 0 Å². The summed E-state index contributed by atoms with van der Waals surface area (Å²) in [4.78, 5) is 2.30. The summed E-state index contributed by atoms with van der Waals surface area (Å²) in [5.41, 5.74) is 0.966. The lowest BCUT2D eigenvalue weighted by Crippen LogP contribution is -2.33. The van der Waals surface area contributed by atoms with Crippen molar-refractivity contribution in [1.29, 1.82) is 0 Å². The lowest BCUT2D eigenvalue weighted by molar-refractivity contribution is 0.105. The van der Waals surface area contributed by atoms with Crippen LogP contribution in [0, 0.1) is 0 Å². The largest absolute Gasteiger partial charge is 0.494 e. The first-order valence-corrected chi connectivity index (χ1v) is 7.31. The van der Waals surface area contributed by atoms with Crippen LogP contribution in [0.3, 0.4) is 0 Å².